The van der Waals surface area contributed by atoms with E-state index in [-0.39, 0.29) is 12.7 Å². The zero-order valence-corrected chi connectivity index (χ0v) is 15.9. The van der Waals surface area contributed by atoms with Crippen LogP contribution in [0.3, 0.4) is 0 Å². The minimum absolute atomic E-state index is 0.0887. The van der Waals surface area contributed by atoms with Gasteiger partial charge >= 0.3 is 5.97 Å². The Hall–Kier alpha value is -2.87. The molecule has 144 valence electrons. The van der Waals surface area contributed by atoms with E-state index in [2.05, 4.69) is 15.4 Å². The van der Waals surface area contributed by atoms with Crippen LogP contribution in [0.2, 0.25) is 0 Å². The number of rotatable bonds is 7. The van der Waals surface area contributed by atoms with Gasteiger partial charge in [0.15, 0.2) is 0 Å². The van der Waals surface area contributed by atoms with Crippen molar-refractivity contribution in [3.8, 4) is 5.75 Å². The molecule has 1 aliphatic heterocycles. The van der Waals surface area contributed by atoms with Crippen molar-refractivity contribution in [3.63, 3.8) is 0 Å². The lowest BCUT2D eigenvalue weighted by Crippen LogP contribution is -2.30. The van der Waals surface area contributed by atoms with E-state index in [0.717, 1.165) is 11.3 Å². The average molecular weight is 372 g/mol. The predicted molar refractivity (Wildman–Crippen MR) is 99.5 cm³/mol. The first-order valence-corrected chi connectivity index (χ1v) is 8.81. The SMILES string of the molecule is COc1ccc([C@@H]2C(C(=O)OCCOC(C)C)=C(C)Nc3ncnn32)cc1. The quantitative estimate of drug-likeness (QED) is 0.590. The fraction of sp³-hybridized carbons (Fsp3) is 0.421. The number of hydrogen-bond donors (Lipinski definition) is 1. The maximum absolute atomic E-state index is 12.8. The third kappa shape index (κ3) is 4.11. The molecule has 0 amide bonds. The Morgan fingerprint density at radius 3 is 2.67 bits per heavy atom. The molecular formula is C19H24N4O4. The Balaban J connectivity index is 1.88. The molecule has 0 aliphatic carbocycles. The maximum atomic E-state index is 12.8. The van der Waals surface area contributed by atoms with Gasteiger partial charge in [0.25, 0.3) is 0 Å². The van der Waals surface area contributed by atoms with Gasteiger partial charge in [0, 0.05) is 5.70 Å². The van der Waals surface area contributed by atoms with Crippen molar-refractivity contribution in [2.45, 2.75) is 32.9 Å². The Labute approximate surface area is 158 Å². The normalized spacial score (nSPS) is 16.1. The highest BCUT2D eigenvalue weighted by Crippen LogP contribution is 2.35. The van der Waals surface area contributed by atoms with Gasteiger partial charge in [-0.3, -0.25) is 0 Å². The average Bonchev–Trinajstić information content (AvgIpc) is 3.11. The number of esters is 1. The number of allylic oxidation sites excluding steroid dienone is 1. The smallest absolute Gasteiger partial charge is 0.338 e. The summed E-state index contributed by atoms with van der Waals surface area (Å²) in [4.78, 5) is 17.0. The Morgan fingerprint density at radius 2 is 2.00 bits per heavy atom. The number of carbonyl (C=O) groups excluding carboxylic acids is 1. The van der Waals surface area contributed by atoms with Crippen LogP contribution in [0.5, 0.6) is 5.75 Å². The number of hydrogen-bond acceptors (Lipinski definition) is 7. The molecule has 0 spiro atoms. The van der Waals surface area contributed by atoms with Crippen LogP contribution in [0.4, 0.5) is 5.95 Å². The molecule has 8 heteroatoms. The van der Waals surface area contributed by atoms with Crippen LogP contribution in [0.15, 0.2) is 41.9 Å². The molecule has 0 saturated heterocycles. The first-order chi connectivity index (χ1) is 13.0. The summed E-state index contributed by atoms with van der Waals surface area (Å²) in [7, 11) is 1.61. The molecule has 1 aliphatic rings. The minimum atomic E-state index is -0.437. The number of carbonyl (C=O) groups is 1. The fourth-order valence-corrected chi connectivity index (χ4v) is 2.95. The summed E-state index contributed by atoms with van der Waals surface area (Å²) in [5.41, 5.74) is 2.06. The van der Waals surface area contributed by atoms with Gasteiger partial charge in [0.05, 0.1) is 25.4 Å². The molecule has 1 aromatic heterocycles. The second kappa shape index (κ2) is 8.22. The summed E-state index contributed by atoms with van der Waals surface area (Å²) in [5.74, 6) is 0.907. The fourth-order valence-electron chi connectivity index (χ4n) is 2.95. The summed E-state index contributed by atoms with van der Waals surface area (Å²) in [6.45, 7) is 6.24. The van der Waals surface area contributed by atoms with Crippen molar-refractivity contribution in [3.05, 3.63) is 47.4 Å². The zero-order valence-electron chi connectivity index (χ0n) is 15.9. The van der Waals surface area contributed by atoms with Crippen molar-refractivity contribution >= 4 is 11.9 Å². The zero-order chi connectivity index (χ0) is 19.4. The molecule has 1 atom stereocenters. The summed E-state index contributed by atoms with van der Waals surface area (Å²) in [6.07, 6.45) is 1.54. The molecule has 1 aromatic carbocycles. The first-order valence-electron chi connectivity index (χ1n) is 8.81. The Kier molecular flexibility index (Phi) is 5.75. The maximum Gasteiger partial charge on any atom is 0.338 e. The summed E-state index contributed by atoms with van der Waals surface area (Å²) >= 11 is 0. The van der Waals surface area contributed by atoms with Crippen molar-refractivity contribution in [2.24, 2.45) is 0 Å². The van der Waals surface area contributed by atoms with Crippen LogP contribution in [0.1, 0.15) is 32.4 Å². The topological polar surface area (TPSA) is 87.5 Å². The standard InChI is InChI=1S/C19H24N4O4/c1-12(2)26-9-10-27-18(24)16-13(3)22-19-20-11-21-23(19)17(16)14-5-7-15(25-4)8-6-14/h5-8,11-12,17H,9-10H2,1-4H3,(H,20,21,22)/t17-/m1/s1. The van der Waals surface area contributed by atoms with E-state index in [9.17, 15) is 4.79 Å². The van der Waals surface area contributed by atoms with Gasteiger partial charge in [-0.1, -0.05) is 12.1 Å². The molecule has 0 saturated carbocycles. The van der Waals surface area contributed by atoms with E-state index in [1.165, 1.54) is 6.33 Å². The lowest BCUT2D eigenvalue weighted by Gasteiger charge is -2.28. The van der Waals surface area contributed by atoms with Crippen LogP contribution in [0, 0.1) is 0 Å². The highest BCUT2D eigenvalue weighted by Gasteiger charge is 2.34. The van der Waals surface area contributed by atoms with Gasteiger partial charge in [0.2, 0.25) is 5.95 Å². The van der Waals surface area contributed by atoms with E-state index >= 15 is 0 Å². The highest BCUT2D eigenvalue weighted by molar-refractivity contribution is 5.92. The molecule has 27 heavy (non-hydrogen) atoms. The van der Waals surface area contributed by atoms with Gasteiger partial charge < -0.3 is 19.5 Å². The third-order valence-electron chi connectivity index (χ3n) is 4.21. The molecule has 2 aromatic rings. The van der Waals surface area contributed by atoms with E-state index < -0.39 is 12.0 Å². The molecule has 0 unspecified atom stereocenters. The minimum Gasteiger partial charge on any atom is -0.497 e. The number of nitrogens with zero attached hydrogens (tertiary/aromatic N) is 3. The van der Waals surface area contributed by atoms with E-state index in [1.807, 2.05) is 45.0 Å². The van der Waals surface area contributed by atoms with Crippen LogP contribution in [0.25, 0.3) is 0 Å². The number of benzene rings is 1. The van der Waals surface area contributed by atoms with Crippen LogP contribution in [-0.2, 0) is 14.3 Å². The van der Waals surface area contributed by atoms with Gasteiger partial charge in [-0.05, 0) is 38.5 Å². The van der Waals surface area contributed by atoms with Gasteiger partial charge in [0.1, 0.15) is 24.7 Å². The van der Waals surface area contributed by atoms with Gasteiger partial charge in [-0.25, -0.2) is 9.48 Å². The Morgan fingerprint density at radius 1 is 1.26 bits per heavy atom. The Bertz CT molecular complexity index is 826. The van der Waals surface area contributed by atoms with Crippen LogP contribution in [-0.4, -0.2) is 47.2 Å². The number of ether oxygens (including phenoxy) is 3. The molecule has 8 nitrogen and oxygen atoms in total. The number of methoxy groups -OCH3 is 1. The summed E-state index contributed by atoms with van der Waals surface area (Å²) in [5, 5.41) is 7.40. The monoisotopic (exact) mass is 372 g/mol. The summed E-state index contributed by atoms with van der Waals surface area (Å²) < 4.78 is 17.8. The highest BCUT2D eigenvalue weighted by atomic mass is 16.6. The van der Waals surface area contributed by atoms with Gasteiger partial charge in [-0.2, -0.15) is 10.1 Å². The summed E-state index contributed by atoms with van der Waals surface area (Å²) in [6, 6.07) is 7.07. The lowest BCUT2D eigenvalue weighted by atomic mass is 9.96. The third-order valence-corrected chi connectivity index (χ3v) is 4.21. The molecule has 1 N–H and O–H groups in total. The van der Waals surface area contributed by atoms with Crippen LogP contribution >= 0.6 is 0 Å². The molecular weight excluding hydrogens is 348 g/mol. The molecule has 0 fully saturated rings. The lowest BCUT2D eigenvalue weighted by molar-refractivity contribution is -0.141. The van der Waals surface area contributed by atoms with Crippen molar-refractivity contribution in [1.29, 1.82) is 0 Å². The molecule has 3 rings (SSSR count). The number of aromatic nitrogens is 3. The largest absolute Gasteiger partial charge is 0.497 e. The van der Waals surface area contributed by atoms with Crippen molar-refractivity contribution in [2.75, 3.05) is 25.6 Å². The number of fused-ring (bicyclic) bond motifs is 1. The second-order valence-corrected chi connectivity index (χ2v) is 6.42. The van der Waals surface area contributed by atoms with E-state index in [0.29, 0.717) is 23.8 Å². The predicted octanol–water partition coefficient (Wildman–Crippen LogP) is 2.54. The van der Waals surface area contributed by atoms with Crippen molar-refractivity contribution < 1.29 is 19.0 Å². The van der Waals surface area contributed by atoms with E-state index in [4.69, 9.17) is 14.2 Å². The number of anilines is 1. The van der Waals surface area contributed by atoms with Crippen molar-refractivity contribution in [1.82, 2.24) is 14.8 Å². The second-order valence-electron chi connectivity index (χ2n) is 6.42. The first kappa shape index (κ1) is 18.9. The molecule has 0 radical (unpaired) electrons. The van der Waals surface area contributed by atoms with Crippen LogP contribution < -0.4 is 10.1 Å². The van der Waals surface area contributed by atoms with E-state index in [1.54, 1.807) is 11.8 Å². The molecule has 2 heterocycles. The van der Waals surface area contributed by atoms with Gasteiger partial charge in [-0.15, -0.1) is 0 Å². The number of nitrogens with one attached hydrogen (secondary N) is 1. The molecule has 0 bridgehead atoms.